The first-order chi connectivity index (χ1) is 9.84. The number of nitrogens with zero attached hydrogens (tertiary/aromatic N) is 1. The van der Waals surface area contributed by atoms with Crippen molar-refractivity contribution >= 4 is 28.1 Å². The van der Waals surface area contributed by atoms with E-state index in [0.717, 1.165) is 17.8 Å². The van der Waals surface area contributed by atoms with Gasteiger partial charge in [0.2, 0.25) is 0 Å². The number of phenols is 1. The summed E-state index contributed by atoms with van der Waals surface area (Å²) < 4.78 is 14.4. The molecule has 0 bridgehead atoms. The molecule has 2 nitrogen and oxygen atoms in total. The Morgan fingerprint density at radius 2 is 2.10 bits per heavy atom. The van der Waals surface area contributed by atoms with Crippen molar-refractivity contribution < 1.29 is 9.50 Å². The summed E-state index contributed by atoms with van der Waals surface area (Å²) in [4.78, 5) is 2.20. The fourth-order valence-electron chi connectivity index (χ4n) is 3.23. The van der Waals surface area contributed by atoms with Gasteiger partial charge in [0, 0.05) is 46.4 Å². The van der Waals surface area contributed by atoms with Gasteiger partial charge in [-0.25, -0.2) is 4.39 Å². The van der Waals surface area contributed by atoms with Crippen molar-refractivity contribution in [1.29, 1.82) is 0 Å². The van der Waals surface area contributed by atoms with Crippen molar-refractivity contribution in [1.82, 2.24) is 0 Å². The van der Waals surface area contributed by atoms with Crippen LogP contribution in [-0.4, -0.2) is 23.1 Å². The summed E-state index contributed by atoms with van der Waals surface area (Å²) in [5.74, 6) is 0.326. The van der Waals surface area contributed by atoms with Gasteiger partial charge in [-0.15, -0.1) is 11.6 Å². The first-order valence-corrected chi connectivity index (χ1v) is 7.65. The van der Waals surface area contributed by atoms with Crippen LogP contribution in [0.5, 0.6) is 5.75 Å². The molecule has 0 unspecified atom stereocenters. The first-order valence-electron chi connectivity index (χ1n) is 7.12. The normalized spacial score (nSPS) is 18.3. The predicted octanol–water partition coefficient (Wildman–Crippen LogP) is 4.63. The standard InChI is InChI=1S/C17H19ClFNO/c1-17(2,3)20-9-10(8-18)15-13(20)7-14(21)11-5-4-6-12(19)16(11)15/h4-7,10,21H,8-9H2,1-3H3/t10-/m1/s1. The molecule has 4 heteroatoms. The van der Waals surface area contributed by atoms with Crippen LogP contribution < -0.4 is 4.90 Å². The largest absolute Gasteiger partial charge is 0.507 e. The smallest absolute Gasteiger partial charge is 0.131 e. The number of alkyl halides is 1. The topological polar surface area (TPSA) is 23.5 Å². The summed E-state index contributed by atoms with van der Waals surface area (Å²) in [6.45, 7) is 7.07. The zero-order valence-corrected chi connectivity index (χ0v) is 13.2. The average molecular weight is 308 g/mol. The third-order valence-corrected chi connectivity index (χ3v) is 4.58. The van der Waals surface area contributed by atoms with Crippen molar-refractivity contribution in [2.75, 3.05) is 17.3 Å². The first kappa shape index (κ1) is 14.5. The Balaban J connectivity index is 2.37. The zero-order valence-electron chi connectivity index (χ0n) is 12.5. The average Bonchev–Trinajstić information content (AvgIpc) is 2.77. The molecule has 1 heterocycles. The van der Waals surface area contributed by atoms with Gasteiger partial charge in [0.1, 0.15) is 11.6 Å². The highest BCUT2D eigenvalue weighted by Gasteiger charge is 2.36. The van der Waals surface area contributed by atoms with E-state index in [2.05, 4.69) is 25.7 Å². The Labute approximate surface area is 129 Å². The highest BCUT2D eigenvalue weighted by Crippen LogP contribution is 2.47. The number of halogens is 2. The second-order valence-corrected chi connectivity index (χ2v) is 6.93. The molecule has 112 valence electrons. The minimum atomic E-state index is -0.300. The van der Waals surface area contributed by atoms with Gasteiger partial charge in [0.25, 0.3) is 0 Å². The number of phenolic OH excluding ortho intramolecular Hbond substituents is 1. The van der Waals surface area contributed by atoms with Crippen LogP contribution in [0.4, 0.5) is 10.1 Å². The molecular formula is C17H19ClFNO. The van der Waals surface area contributed by atoms with Crippen molar-refractivity contribution in [2.24, 2.45) is 0 Å². The highest BCUT2D eigenvalue weighted by molar-refractivity contribution is 6.18. The Hall–Kier alpha value is -1.48. The Morgan fingerprint density at radius 3 is 2.71 bits per heavy atom. The second-order valence-electron chi connectivity index (χ2n) is 6.62. The van der Waals surface area contributed by atoms with Gasteiger partial charge in [-0.3, -0.25) is 0 Å². The highest BCUT2D eigenvalue weighted by atomic mass is 35.5. The Bertz CT molecular complexity index is 708. The lowest BCUT2D eigenvalue weighted by atomic mass is 9.95. The number of anilines is 1. The van der Waals surface area contributed by atoms with Gasteiger partial charge in [0.15, 0.2) is 0 Å². The quantitative estimate of drug-likeness (QED) is 0.777. The Morgan fingerprint density at radius 1 is 1.38 bits per heavy atom. The summed E-state index contributed by atoms with van der Waals surface area (Å²) in [7, 11) is 0. The minimum absolute atomic E-state index is 0.0703. The number of hydrogen-bond donors (Lipinski definition) is 1. The molecular weight excluding hydrogens is 289 g/mol. The van der Waals surface area contributed by atoms with Crippen LogP contribution in [0, 0.1) is 5.82 Å². The molecule has 0 amide bonds. The number of rotatable bonds is 1. The SMILES string of the molecule is CC(C)(C)N1C[C@@H](CCl)c2c1cc(O)c1cccc(F)c21. The van der Waals surface area contributed by atoms with Crippen LogP contribution in [0.3, 0.4) is 0 Å². The lowest BCUT2D eigenvalue weighted by Gasteiger charge is -2.35. The van der Waals surface area contributed by atoms with Crippen LogP contribution in [0.25, 0.3) is 10.8 Å². The maximum absolute atomic E-state index is 14.4. The maximum Gasteiger partial charge on any atom is 0.131 e. The van der Waals surface area contributed by atoms with Crippen LogP contribution in [0.2, 0.25) is 0 Å². The molecule has 1 atom stereocenters. The third kappa shape index (κ3) is 2.15. The molecule has 0 aromatic heterocycles. The van der Waals surface area contributed by atoms with Gasteiger partial charge in [0.05, 0.1) is 0 Å². The van der Waals surface area contributed by atoms with Crippen LogP contribution >= 0.6 is 11.6 Å². The molecule has 1 aliphatic rings. The molecule has 1 aliphatic heterocycles. The van der Waals surface area contributed by atoms with Crippen LogP contribution in [0.15, 0.2) is 24.3 Å². The van der Waals surface area contributed by atoms with E-state index >= 15 is 0 Å². The molecule has 1 N–H and O–H groups in total. The number of hydrogen-bond acceptors (Lipinski definition) is 2. The summed E-state index contributed by atoms with van der Waals surface area (Å²) in [5.41, 5.74) is 1.70. The maximum atomic E-state index is 14.4. The second kappa shape index (κ2) is 4.77. The van der Waals surface area contributed by atoms with E-state index in [1.165, 1.54) is 6.07 Å². The molecule has 0 spiro atoms. The van der Waals surface area contributed by atoms with E-state index in [4.69, 9.17) is 11.6 Å². The summed E-state index contributed by atoms with van der Waals surface area (Å²) in [6.07, 6.45) is 0. The molecule has 0 aliphatic carbocycles. The van der Waals surface area contributed by atoms with E-state index in [1.807, 2.05) is 0 Å². The third-order valence-electron chi connectivity index (χ3n) is 4.21. The van der Waals surface area contributed by atoms with Crippen molar-refractivity contribution in [3.63, 3.8) is 0 Å². The van der Waals surface area contributed by atoms with Crippen molar-refractivity contribution in [3.8, 4) is 5.75 Å². The van der Waals surface area contributed by atoms with Gasteiger partial charge < -0.3 is 10.0 Å². The van der Waals surface area contributed by atoms with Gasteiger partial charge in [-0.2, -0.15) is 0 Å². The molecule has 21 heavy (non-hydrogen) atoms. The zero-order chi connectivity index (χ0) is 15.4. The van der Waals surface area contributed by atoms with Crippen LogP contribution in [0.1, 0.15) is 32.3 Å². The molecule has 2 aromatic rings. The predicted molar refractivity (Wildman–Crippen MR) is 86.1 cm³/mol. The van der Waals surface area contributed by atoms with Gasteiger partial charge in [-0.1, -0.05) is 12.1 Å². The van der Waals surface area contributed by atoms with E-state index in [9.17, 15) is 9.50 Å². The summed E-state index contributed by atoms with van der Waals surface area (Å²) in [5, 5.41) is 11.3. The number of fused-ring (bicyclic) bond motifs is 3. The molecule has 0 radical (unpaired) electrons. The monoisotopic (exact) mass is 307 g/mol. The fraction of sp³-hybridized carbons (Fsp3) is 0.412. The lowest BCUT2D eigenvalue weighted by Crippen LogP contribution is -2.40. The molecule has 0 saturated carbocycles. The van der Waals surface area contributed by atoms with Crippen molar-refractivity contribution in [3.05, 3.63) is 35.6 Å². The Kier molecular flexibility index (Phi) is 3.28. The minimum Gasteiger partial charge on any atom is -0.507 e. The van der Waals surface area contributed by atoms with E-state index in [-0.39, 0.29) is 23.0 Å². The number of benzene rings is 2. The van der Waals surface area contributed by atoms with E-state index in [0.29, 0.717) is 16.7 Å². The number of aromatic hydroxyl groups is 1. The summed E-state index contributed by atoms with van der Waals surface area (Å²) in [6, 6.07) is 6.55. The fourth-order valence-corrected chi connectivity index (χ4v) is 3.48. The van der Waals surface area contributed by atoms with Gasteiger partial charge in [-0.05, 0) is 32.4 Å². The van der Waals surface area contributed by atoms with E-state index < -0.39 is 0 Å². The lowest BCUT2D eigenvalue weighted by molar-refractivity contribution is 0.479. The molecule has 0 fully saturated rings. The molecule has 3 rings (SSSR count). The molecule has 0 saturated heterocycles. The van der Waals surface area contributed by atoms with Crippen LogP contribution in [-0.2, 0) is 0 Å². The summed E-state index contributed by atoms with van der Waals surface area (Å²) >= 11 is 6.13. The molecule has 2 aromatic carbocycles. The van der Waals surface area contributed by atoms with Gasteiger partial charge >= 0.3 is 0 Å². The van der Waals surface area contributed by atoms with E-state index in [1.54, 1.807) is 18.2 Å². The van der Waals surface area contributed by atoms with Crippen molar-refractivity contribution in [2.45, 2.75) is 32.2 Å².